The first kappa shape index (κ1) is 13.0. The molecule has 0 N–H and O–H groups in total. The van der Waals surface area contributed by atoms with Crippen LogP contribution in [0.3, 0.4) is 0 Å². The third-order valence-electron chi connectivity index (χ3n) is 3.89. The lowest BCUT2D eigenvalue weighted by molar-refractivity contribution is 0.313. The summed E-state index contributed by atoms with van der Waals surface area (Å²) in [6.07, 6.45) is 5.89. The Balaban J connectivity index is 2.32. The van der Waals surface area contributed by atoms with Crippen LogP contribution in [0.25, 0.3) is 0 Å². The molecule has 0 aromatic heterocycles. The minimum atomic E-state index is 0.194. The normalized spacial score (nSPS) is 22.9. The average molecular weight is 251 g/mol. The molecule has 1 atom stereocenters. The van der Waals surface area contributed by atoms with E-state index in [4.69, 9.17) is 11.6 Å². The minimum Gasteiger partial charge on any atom is -0.118 e. The summed E-state index contributed by atoms with van der Waals surface area (Å²) in [6.45, 7) is 6.90. The lowest BCUT2D eigenvalue weighted by atomic mass is 9.84. The van der Waals surface area contributed by atoms with E-state index in [0.717, 1.165) is 6.42 Å². The Morgan fingerprint density at radius 3 is 2.82 bits per heavy atom. The topological polar surface area (TPSA) is 0 Å². The quantitative estimate of drug-likeness (QED) is 0.495. The van der Waals surface area contributed by atoms with E-state index in [0.29, 0.717) is 5.41 Å². The largest absolute Gasteiger partial charge is 0.118 e. The van der Waals surface area contributed by atoms with Gasteiger partial charge >= 0.3 is 0 Å². The molecule has 0 saturated heterocycles. The van der Waals surface area contributed by atoms with Gasteiger partial charge in [-0.05, 0) is 47.8 Å². The Labute approximate surface area is 110 Å². The second-order valence-corrected chi connectivity index (χ2v) is 6.65. The van der Waals surface area contributed by atoms with Gasteiger partial charge in [0.1, 0.15) is 0 Å². The van der Waals surface area contributed by atoms with Crippen molar-refractivity contribution in [1.82, 2.24) is 0 Å². The van der Waals surface area contributed by atoms with Gasteiger partial charge in [0, 0.05) is 0 Å². The van der Waals surface area contributed by atoms with Crippen LogP contribution in [0, 0.1) is 5.41 Å². The van der Waals surface area contributed by atoms with Gasteiger partial charge in [0.05, 0.1) is 5.38 Å². The molecular formula is C16H23Cl. The van der Waals surface area contributed by atoms with Gasteiger partial charge in [-0.2, -0.15) is 0 Å². The van der Waals surface area contributed by atoms with E-state index in [1.807, 2.05) is 0 Å². The van der Waals surface area contributed by atoms with Crippen molar-refractivity contribution in [3.05, 3.63) is 34.9 Å². The van der Waals surface area contributed by atoms with Gasteiger partial charge < -0.3 is 0 Å². The molecule has 1 aromatic carbocycles. The van der Waals surface area contributed by atoms with Crippen LogP contribution in [0.5, 0.6) is 0 Å². The molecule has 1 aliphatic rings. The molecule has 0 bridgehead atoms. The van der Waals surface area contributed by atoms with Crippen LogP contribution in [0.4, 0.5) is 0 Å². The first-order valence-electron chi connectivity index (χ1n) is 6.77. The predicted molar refractivity (Wildman–Crippen MR) is 75.8 cm³/mol. The van der Waals surface area contributed by atoms with Crippen LogP contribution in [-0.2, 0) is 12.8 Å². The standard InChI is InChI=1S/C16H23Cl/c1-4-5-12-6-7-13-8-9-16(2,3)11-15(17)14(13)10-12/h6-7,10,15H,4-5,8-9,11H2,1-3H3. The van der Waals surface area contributed by atoms with Gasteiger partial charge in [0.25, 0.3) is 0 Å². The molecule has 1 unspecified atom stereocenters. The lowest BCUT2D eigenvalue weighted by Crippen LogP contribution is -2.11. The zero-order chi connectivity index (χ0) is 12.5. The molecule has 0 saturated carbocycles. The van der Waals surface area contributed by atoms with Crippen LogP contribution < -0.4 is 0 Å². The van der Waals surface area contributed by atoms with E-state index in [9.17, 15) is 0 Å². The second-order valence-electron chi connectivity index (χ2n) is 6.12. The number of fused-ring (bicyclic) bond motifs is 1. The highest BCUT2D eigenvalue weighted by molar-refractivity contribution is 6.21. The van der Waals surface area contributed by atoms with E-state index in [2.05, 4.69) is 39.0 Å². The maximum Gasteiger partial charge on any atom is 0.0593 e. The highest BCUT2D eigenvalue weighted by Crippen LogP contribution is 2.42. The SMILES string of the molecule is CCCc1ccc2c(c1)C(Cl)CC(C)(C)CC2. The van der Waals surface area contributed by atoms with E-state index >= 15 is 0 Å². The molecule has 0 radical (unpaired) electrons. The lowest BCUT2D eigenvalue weighted by Gasteiger charge is -2.23. The molecule has 0 heterocycles. The number of halogens is 1. The number of hydrogen-bond acceptors (Lipinski definition) is 0. The van der Waals surface area contributed by atoms with Gasteiger partial charge in [-0.15, -0.1) is 11.6 Å². The molecule has 0 spiro atoms. The van der Waals surface area contributed by atoms with Crippen LogP contribution in [-0.4, -0.2) is 0 Å². The van der Waals surface area contributed by atoms with Crippen LogP contribution >= 0.6 is 11.6 Å². The summed E-state index contributed by atoms with van der Waals surface area (Å²) in [6, 6.07) is 6.93. The molecule has 1 aromatic rings. The summed E-state index contributed by atoms with van der Waals surface area (Å²) in [4.78, 5) is 0. The Hall–Kier alpha value is -0.490. The molecule has 1 aliphatic carbocycles. The Bertz CT molecular complexity index is 393. The maximum absolute atomic E-state index is 6.61. The fourth-order valence-corrected chi connectivity index (χ4v) is 3.40. The number of benzene rings is 1. The fraction of sp³-hybridized carbons (Fsp3) is 0.625. The molecule has 0 aliphatic heterocycles. The van der Waals surface area contributed by atoms with Crippen molar-refractivity contribution in [2.24, 2.45) is 5.41 Å². The molecule has 0 amide bonds. The smallest absolute Gasteiger partial charge is 0.0593 e. The van der Waals surface area contributed by atoms with Gasteiger partial charge in [-0.25, -0.2) is 0 Å². The van der Waals surface area contributed by atoms with Crippen LogP contribution in [0.1, 0.15) is 62.1 Å². The van der Waals surface area contributed by atoms with Crippen molar-refractivity contribution < 1.29 is 0 Å². The summed E-state index contributed by atoms with van der Waals surface area (Å²) >= 11 is 6.61. The monoisotopic (exact) mass is 250 g/mol. The van der Waals surface area contributed by atoms with Crippen LogP contribution in [0.2, 0.25) is 0 Å². The number of rotatable bonds is 2. The van der Waals surface area contributed by atoms with Crippen molar-refractivity contribution in [2.75, 3.05) is 0 Å². The minimum absolute atomic E-state index is 0.194. The average Bonchev–Trinajstić information content (AvgIpc) is 2.37. The second kappa shape index (κ2) is 5.02. The summed E-state index contributed by atoms with van der Waals surface area (Å²) in [5.74, 6) is 0. The predicted octanol–water partition coefficient (Wildman–Crippen LogP) is 5.28. The van der Waals surface area contributed by atoms with E-state index in [-0.39, 0.29) is 5.38 Å². The van der Waals surface area contributed by atoms with Crippen molar-refractivity contribution in [3.8, 4) is 0 Å². The van der Waals surface area contributed by atoms with Crippen molar-refractivity contribution in [2.45, 2.75) is 58.3 Å². The molecule has 0 fully saturated rings. The first-order valence-corrected chi connectivity index (χ1v) is 7.21. The molecule has 0 nitrogen and oxygen atoms in total. The Morgan fingerprint density at radius 1 is 1.35 bits per heavy atom. The highest BCUT2D eigenvalue weighted by Gasteiger charge is 2.28. The fourth-order valence-electron chi connectivity index (χ4n) is 2.78. The molecule has 17 heavy (non-hydrogen) atoms. The van der Waals surface area contributed by atoms with E-state index in [1.54, 1.807) is 0 Å². The summed E-state index contributed by atoms with van der Waals surface area (Å²) in [5.41, 5.74) is 4.67. The summed E-state index contributed by atoms with van der Waals surface area (Å²) in [7, 11) is 0. The van der Waals surface area contributed by atoms with Crippen molar-refractivity contribution >= 4 is 11.6 Å². The Morgan fingerprint density at radius 2 is 2.12 bits per heavy atom. The maximum atomic E-state index is 6.61. The highest BCUT2D eigenvalue weighted by atomic mass is 35.5. The zero-order valence-corrected chi connectivity index (χ0v) is 12.0. The van der Waals surface area contributed by atoms with E-state index in [1.165, 1.54) is 42.4 Å². The number of aryl methyl sites for hydroxylation is 2. The van der Waals surface area contributed by atoms with Crippen LogP contribution in [0.15, 0.2) is 18.2 Å². The molecular weight excluding hydrogens is 228 g/mol. The summed E-state index contributed by atoms with van der Waals surface area (Å²) in [5, 5.41) is 0.194. The number of hydrogen-bond donors (Lipinski definition) is 0. The van der Waals surface area contributed by atoms with Gasteiger partial charge in [-0.1, -0.05) is 45.4 Å². The summed E-state index contributed by atoms with van der Waals surface area (Å²) < 4.78 is 0. The third kappa shape index (κ3) is 3.04. The van der Waals surface area contributed by atoms with Crippen molar-refractivity contribution in [3.63, 3.8) is 0 Å². The third-order valence-corrected chi connectivity index (χ3v) is 4.28. The number of alkyl halides is 1. The van der Waals surface area contributed by atoms with Crippen molar-refractivity contribution in [1.29, 1.82) is 0 Å². The van der Waals surface area contributed by atoms with Gasteiger partial charge in [0.2, 0.25) is 0 Å². The molecule has 1 heteroatoms. The first-order chi connectivity index (χ1) is 8.02. The van der Waals surface area contributed by atoms with Gasteiger partial charge in [0.15, 0.2) is 0 Å². The zero-order valence-electron chi connectivity index (χ0n) is 11.2. The Kier molecular flexibility index (Phi) is 3.82. The van der Waals surface area contributed by atoms with E-state index < -0.39 is 0 Å². The molecule has 94 valence electrons. The molecule has 2 rings (SSSR count). The van der Waals surface area contributed by atoms with Gasteiger partial charge in [-0.3, -0.25) is 0 Å².